The highest BCUT2D eigenvalue weighted by molar-refractivity contribution is 5.95. The van der Waals surface area contributed by atoms with Gasteiger partial charge in [-0.15, -0.1) is 0 Å². The molecule has 3 rings (SSSR count). The average Bonchev–Trinajstić information content (AvgIpc) is 3.17. The number of nitrogens with zero attached hydrogens (tertiary/aromatic N) is 2. The van der Waals surface area contributed by atoms with Gasteiger partial charge in [-0.1, -0.05) is 0 Å². The van der Waals surface area contributed by atoms with E-state index in [1.165, 1.54) is 6.26 Å². The molecule has 24 heavy (non-hydrogen) atoms. The predicted octanol–water partition coefficient (Wildman–Crippen LogP) is 1.93. The van der Waals surface area contributed by atoms with Crippen molar-refractivity contribution in [3.63, 3.8) is 0 Å². The summed E-state index contributed by atoms with van der Waals surface area (Å²) in [7, 11) is 1.60. The second kappa shape index (κ2) is 7.31. The molecule has 1 fully saturated rings. The Balaban J connectivity index is 1.52. The Hall–Kier alpha value is -2.60. The van der Waals surface area contributed by atoms with Gasteiger partial charge in [-0.25, -0.2) is 0 Å². The van der Waals surface area contributed by atoms with Crippen LogP contribution in [0.2, 0.25) is 0 Å². The highest BCUT2D eigenvalue weighted by atomic mass is 16.5. The minimum absolute atomic E-state index is 0.00895. The lowest BCUT2D eigenvalue weighted by molar-refractivity contribution is 0.0620. The van der Waals surface area contributed by atoms with E-state index < -0.39 is 0 Å². The topological polar surface area (TPSA) is 63.0 Å². The molecule has 1 aromatic carbocycles. The highest BCUT2D eigenvalue weighted by Gasteiger charge is 2.24. The monoisotopic (exact) mass is 328 g/mol. The van der Waals surface area contributed by atoms with E-state index in [2.05, 4.69) is 0 Å². The van der Waals surface area contributed by atoms with Crippen LogP contribution >= 0.6 is 0 Å². The molecule has 0 atom stereocenters. The SMILES string of the molecule is COc1ccc(C(=O)N2CCN(CC(=O)c3ccco3)CC2)cc1. The number of piperazine rings is 1. The fourth-order valence-corrected chi connectivity index (χ4v) is 2.74. The lowest BCUT2D eigenvalue weighted by Crippen LogP contribution is -2.49. The number of ether oxygens (including phenoxy) is 1. The molecule has 126 valence electrons. The molecule has 0 aliphatic carbocycles. The van der Waals surface area contributed by atoms with Crippen LogP contribution in [-0.4, -0.2) is 61.3 Å². The van der Waals surface area contributed by atoms with E-state index in [1.807, 2.05) is 9.80 Å². The fraction of sp³-hybridized carbons (Fsp3) is 0.333. The maximum atomic E-state index is 12.5. The number of Topliss-reactive ketones (excluding diaryl/α,β-unsaturated/α-hetero) is 1. The molecule has 0 spiro atoms. The van der Waals surface area contributed by atoms with Gasteiger partial charge >= 0.3 is 0 Å². The number of carbonyl (C=O) groups excluding carboxylic acids is 2. The normalized spacial score (nSPS) is 15.3. The Bertz CT molecular complexity index is 686. The lowest BCUT2D eigenvalue weighted by Gasteiger charge is -2.34. The van der Waals surface area contributed by atoms with Crippen molar-refractivity contribution >= 4 is 11.7 Å². The van der Waals surface area contributed by atoms with E-state index in [-0.39, 0.29) is 11.7 Å². The summed E-state index contributed by atoms with van der Waals surface area (Å²) >= 11 is 0. The summed E-state index contributed by atoms with van der Waals surface area (Å²) in [4.78, 5) is 28.4. The van der Waals surface area contributed by atoms with Gasteiger partial charge in [0, 0.05) is 31.7 Å². The van der Waals surface area contributed by atoms with Gasteiger partial charge in [0.2, 0.25) is 5.78 Å². The largest absolute Gasteiger partial charge is 0.497 e. The number of ketones is 1. The van der Waals surface area contributed by atoms with Crippen LogP contribution in [0.3, 0.4) is 0 Å². The van der Waals surface area contributed by atoms with E-state index in [0.29, 0.717) is 44.0 Å². The highest BCUT2D eigenvalue weighted by Crippen LogP contribution is 2.14. The third-order valence-corrected chi connectivity index (χ3v) is 4.16. The van der Waals surface area contributed by atoms with Gasteiger partial charge in [-0.05, 0) is 36.4 Å². The van der Waals surface area contributed by atoms with Crippen molar-refractivity contribution in [1.29, 1.82) is 0 Å². The van der Waals surface area contributed by atoms with Gasteiger partial charge < -0.3 is 14.1 Å². The zero-order valence-corrected chi connectivity index (χ0v) is 13.6. The first-order valence-electron chi connectivity index (χ1n) is 7.90. The van der Waals surface area contributed by atoms with Crippen molar-refractivity contribution in [3.8, 4) is 5.75 Å². The summed E-state index contributed by atoms with van der Waals surface area (Å²) in [6.07, 6.45) is 1.50. The summed E-state index contributed by atoms with van der Waals surface area (Å²) in [6.45, 7) is 2.88. The van der Waals surface area contributed by atoms with Crippen LogP contribution in [0.15, 0.2) is 47.1 Å². The quantitative estimate of drug-likeness (QED) is 0.785. The molecule has 2 heterocycles. The molecule has 0 N–H and O–H groups in total. The van der Waals surface area contributed by atoms with Crippen molar-refractivity contribution in [2.24, 2.45) is 0 Å². The number of amides is 1. The Kier molecular flexibility index (Phi) is 4.96. The lowest BCUT2D eigenvalue weighted by atomic mass is 10.1. The van der Waals surface area contributed by atoms with Gasteiger partial charge in [0.1, 0.15) is 5.75 Å². The van der Waals surface area contributed by atoms with Gasteiger partial charge in [0.25, 0.3) is 5.91 Å². The van der Waals surface area contributed by atoms with Crippen molar-refractivity contribution in [2.45, 2.75) is 0 Å². The van der Waals surface area contributed by atoms with Crippen molar-refractivity contribution < 1.29 is 18.7 Å². The van der Waals surface area contributed by atoms with Crippen LogP contribution in [0.25, 0.3) is 0 Å². The second-order valence-electron chi connectivity index (χ2n) is 5.70. The third kappa shape index (κ3) is 3.65. The molecule has 0 bridgehead atoms. The van der Waals surface area contributed by atoms with Gasteiger partial charge in [0.05, 0.1) is 19.9 Å². The molecule has 6 nitrogen and oxygen atoms in total. The first-order valence-corrected chi connectivity index (χ1v) is 7.90. The predicted molar refractivity (Wildman–Crippen MR) is 88.4 cm³/mol. The smallest absolute Gasteiger partial charge is 0.253 e. The Morgan fingerprint density at radius 1 is 1.08 bits per heavy atom. The number of hydrogen-bond acceptors (Lipinski definition) is 5. The van der Waals surface area contributed by atoms with Crippen LogP contribution < -0.4 is 4.74 Å². The molecule has 0 saturated carbocycles. The van der Waals surface area contributed by atoms with Crippen molar-refractivity contribution in [1.82, 2.24) is 9.80 Å². The minimum Gasteiger partial charge on any atom is -0.497 e. The van der Waals surface area contributed by atoms with Crippen LogP contribution in [0.1, 0.15) is 20.9 Å². The average molecular weight is 328 g/mol. The molecule has 1 aliphatic heterocycles. The number of furan rings is 1. The number of methoxy groups -OCH3 is 1. The molecule has 0 unspecified atom stereocenters. The summed E-state index contributed by atoms with van der Waals surface area (Å²) in [5.41, 5.74) is 0.649. The number of carbonyl (C=O) groups is 2. The zero-order chi connectivity index (χ0) is 16.9. The first-order chi connectivity index (χ1) is 11.7. The van der Waals surface area contributed by atoms with E-state index in [4.69, 9.17) is 9.15 Å². The van der Waals surface area contributed by atoms with E-state index in [0.717, 1.165) is 5.75 Å². The number of benzene rings is 1. The van der Waals surface area contributed by atoms with Crippen LogP contribution in [0.4, 0.5) is 0 Å². The standard InChI is InChI=1S/C18H20N2O4/c1-23-15-6-4-14(5-7-15)18(22)20-10-8-19(9-11-20)13-16(21)17-3-2-12-24-17/h2-7,12H,8-11,13H2,1H3. The maximum Gasteiger partial charge on any atom is 0.253 e. The molecular weight excluding hydrogens is 308 g/mol. The van der Waals surface area contributed by atoms with Gasteiger partial charge in [-0.2, -0.15) is 0 Å². The van der Waals surface area contributed by atoms with Crippen LogP contribution in [0.5, 0.6) is 5.75 Å². The summed E-state index contributed by atoms with van der Waals surface area (Å²) in [5, 5.41) is 0. The Morgan fingerprint density at radius 3 is 2.38 bits per heavy atom. The van der Waals surface area contributed by atoms with Crippen LogP contribution in [0, 0.1) is 0 Å². The number of hydrogen-bond donors (Lipinski definition) is 0. The van der Waals surface area contributed by atoms with Crippen molar-refractivity contribution in [2.75, 3.05) is 39.8 Å². The molecule has 2 aromatic rings. The Morgan fingerprint density at radius 2 is 1.79 bits per heavy atom. The third-order valence-electron chi connectivity index (χ3n) is 4.16. The first kappa shape index (κ1) is 16.3. The zero-order valence-electron chi connectivity index (χ0n) is 13.6. The molecule has 1 amide bonds. The summed E-state index contributed by atoms with van der Waals surface area (Å²) < 4.78 is 10.2. The number of rotatable bonds is 5. The summed E-state index contributed by atoms with van der Waals surface area (Å²) in [5.74, 6) is 1.09. The molecule has 6 heteroatoms. The minimum atomic E-state index is -0.0325. The molecule has 0 radical (unpaired) electrons. The van der Waals surface area contributed by atoms with E-state index in [1.54, 1.807) is 43.5 Å². The molecule has 1 saturated heterocycles. The molecule has 1 aliphatic rings. The van der Waals surface area contributed by atoms with Crippen LogP contribution in [-0.2, 0) is 0 Å². The second-order valence-corrected chi connectivity index (χ2v) is 5.70. The fourth-order valence-electron chi connectivity index (χ4n) is 2.74. The van der Waals surface area contributed by atoms with Crippen molar-refractivity contribution in [3.05, 3.63) is 54.0 Å². The molecule has 1 aromatic heterocycles. The van der Waals surface area contributed by atoms with Gasteiger partial charge in [0.15, 0.2) is 5.76 Å². The van der Waals surface area contributed by atoms with E-state index >= 15 is 0 Å². The Labute approximate surface area is 140 Å². The van der Waals surface area contributed by atoms with E-state index in [9.17, 15) is 9.59 Å². The summed E-state index contributed by atoms with van der Waals surface area (Å²) in [6, 6.07) is 10.5. The van der Waals surface area contributed by atoms with Gasteiger partial charge in [-0.3, -0.25) is 14.5 Å². The maximum absolute atomic E-state index is 12.5. The molecular formula is C18H20N2O4.